The minimum Gasteiger partial charge on any atom is -0.336 e. The maximum atomic E-state index is 13.0. The van der Waals surface area contributed by atoms with Crippen molar-refractivity contribution < 1.29 is 4.79 Å². The van der Waals surface area contributed by atoms with Gasteiger partial charge in [-0.2, -0.15) is 0 Å². The fraction of sp³-hybridized carbons (Fsp3) is 0.562. The van der Waals surface area contributed by atoms with Gasteiger partial charge in [0.25, 0.3) is 5.91 Å². The second-order valence-electron chi connectivity index (χ2n) is 5.98. The van der Waals surface area contributed by atoms with E-state index in [4.69, 9.17) is 0 Å². The lowest BCUT2D eigenvalue weighted by Crippen LogP contribution is -2.50. The molecule has 1 aromatic carbocycles. The van der Waals surface area contributed by atoms with Crippen LogP contribution >= 0.6 is 38.5 Å². The van der Waals surface area contributed by atoms with E-state index < -0.39 is 0 Å². The number of hydrogen-bond donors (Lipinski definition) is 1. The number of amides is 1. The van der Waals surface area contributed by atoms with Crippen molar-refractivity contribution in [2.75, 3.05) is 6.54 Å². The van der Waals surface area contributed by atoms with Gasteiger partial charge in [0.15, 0.2) is 0 Å². The molecular formula is C16H20BrIN2O. The Morgan fingerprint density at radius 3 is 2.67 bits per heavy atom. The lowest BCUT2D eigenvalue weighted by Gasteiger charge is -2.37. The van der Waals surface area contributed by atoms with Crippen molar-refractivity contribution in [3.05, 3.63) is 31.8 Å². The molecule has 3 rings (SSSR count). The molecule has 0 aromatic heterocycles. The van der Waals surface area contributed by atoms with E-state index in [-0.39, 0.29) is 5.91 Å². The summed E-state index contributed by atoms with van der Waals surface area (Å²) in [6.07, 6.45) is 4.73. The number of fused-ring (bicyclic) bond motifs is 2. The molecule has 0 radical (unpaired) electrons. The van der Waals surface area contributed by atoms with Gasteiger partial charge >= 0.3 is 0 Å². The van der Waals surface area contributed by atoms with Crippen LogP contribution in [0.5, 0.6) is 0 Å². The van der Waals surface area contributed by atoms with Crippen LogP contribution in [-0.2, 0) is 0 Å². The van der Waals surface area contributed by atoms with Crippen molar-refractivity contribution in [1.29, 1.82) is 0 Å². The van der Waals surface area contributed by atoms with Gasteiger partial charge in [0, 0.05) is 32.7 Å². The first-order valence-electron chi connectivity index (χ1n) is 7.60. The molecule has 21 heavy (non-hydrogen) atoms. The van der Waals surface area contributed by atoms with Gasteiger partial charge in [-0.25, -0.2) is 0 Å². The molecule has 2 heterocycles. The number of halogens is 2. The van der Waals surface area contributed by atoms with Crippen molar-refractivity contribution in [3.63, 3.8) is 0 Å². The molecule has 0 spiro atoms. The number of benzene rings is 1. The van der Waals surface area contributed by atoms with E-state index in [9.17, 15) is 4.79 Å². The summed E-state index contributed by atoms with van der Waals surface area (Å²) in [4.78, 5) is 15.0. The van der Waals surface area contributed by atoms with Crippen LogP contribution < -0.4 is 5.32 Å². The molecule has 1 N–H and O–H groups in total. The third-order valence-corrected chi connectivity index (χ3v) is 6.08. The minimum absolute atomic E-state index is 0.175. The van der Waals surface area contributed by atoms with Crippen LogP contribution in [0.15, 0.2) is 22.7 Å². The van der Waals surface area contributed by atoms with Crippen molar-refractivity contribution in [3.8, 4) is 0 Å². The standard InChI is InChI=1S/C16H20BrIN2O/c1-2-20(13-8-11-4-5-12(9-13)19-11)16(21)14-7-10(17)3-6-15(14)18/h3,6-7,11-13,19H,2,4-5,8-9H2,1H3. The summed E-state index contributed by atoms with van der Waals surface area (Å²) in [5.41, 5.74) is 0.817. The molecule has 1 aromatic rings. The highest BCUT2D eigenvalue weighted by atomic mass is 127. The minimum atomic E-state index is 0.175. The molecule has 2 fully saturated rings. The monoisotopic (exact) mass is 462 g/mol. The van der Waals surface area contributed by atoms with E-state index >= 15 is 0 Å². The molecule has 2 saturated heterocycles. The van der Waals surface area contributed by atoms with E-state index in [0.717, 1.165) is 33.0 Å². The normalized spacial score (nSPS) is 27.7. The second-order valence-corrected chi connectivity index (χ2v) is 8.06. The highest BCUT2D eigenvalue weighted by Gasteiger charge is 2.37. The van der Waals surface area contributed by atoms with Gasteiger partial charge in [-0.3, -0.25) is 4.79 Å². The van der Waals surface area contributed by atoms with Crippen LogP contribution in [0.2, 0.25) is 0 Å². The summed E-state index contributed by atoms with van der Waals surface area (Å²) in [7, 11) is 0. The SMILES string of the molecule is CCN(C(=O)c1cc(Br)ccc1I)C1CC2CCC(C1)N2. The Kier molecular flexibility index (Phi) is 4.90. The Morgan fingerprint density at radius 2 is 2.05 bits per heavy atom. The third kappa shape index (κ3) is 3.29. The Bertz CT molecular complexity index is 539. The predicted octanol–water partition coefficient (Wildman–Crippen LogP) is 3.80. The van der Waals surface area contributed by atoms with Crippen molar-refractivity contribution >= 4 is 44.4 Å². The predicted molar refractivity (Wildman–Crippen MR) is 96.5 cm³/mol. The van der Waals surface area contributed by atoms with Gasteiger partial charge in [0.2, 0.25) is 0 Å². The summed E-state index contributed by atoms with van der Waals surface area (Å²) in [5.74, 6) is 0.175. The molecule has 2 unspecified atom stereocenters. The Hall–Kier alpha value is -0.140. The lowest BCUT2D eigenvalue weighted by atomic mass is 9.97. The van der Waals surface area contributed by atoms with Crippen LogP contribution in [0.25, 0.3) is 0 Å². The quantitative estimate of drug-likeness (QED) is 0.693. The number of piperidine rings is 1. The van der Waals surface area contributed by atoms with Gasteiger partial charge in [0.05, 0.1) is 5.56 Å². The topological polar surface area (TPSA) is 32.3 Å². The Labute approximate surface area is 148 Å². The second kappa shape index (κ2) is 6.54. The van der Waals surface area contributed by atoms with Crippen molar-refractivity contribution in [2.24, 2.45) is 0 Å². The van der Waals surface area contributed by atoms with Crippen LogP contribution in [0.3, 0.4) is 0 Å². The maximum Gasteiger partial charge on any atom is 0.255 e. The fourth-order valence-corrected chi connectivity index (χ4v) is 4.59. The molecule has 114 valence electrons. The first-order valence-corrected chi connectivity index (χ1v) is 9.47. The highest BCUT2D eigenvalue weighted by Crippen LogP contribution is 2.31. The lowest BCUT2D eigenvalue weighted by molar-refractivity contribution is 0.0630. The van der Waals surface area contributed by atoms with Crippen LogP contribution in [-0.4, -0.2) is 35.5 Å². The van der Waals surface area contributed by atoms with Crippen LogP contribution in [0.1, 0.15) is 43.0 Å². The van der Waals surface area contributed by atoms with Crippen LogP contribution in [0, 0.1) is 3.57 Å². The molecule has 2 atom stereocenters. The van der Waals surface area contributed by atoms with E-state index in [0.29, 0.717) is 18.1 Å². The van der Waals surface area contributed by atoms with Gasteiger partial charge < -0.3 is 10.2 Å². The molecule has 1 amide bonds. The largest absolute Gasteiger partial charge is 0.336 e. The number of rotatable bonds is 3. The van der Waals surface area contributed by atoms with E-state index in [1.807, 2.05) is 18.2 Å². The molecule has 2 bridgehead atoms. The van der Waals surface area contributed by atoms with Crippen molar-refractivity contribution in [1.82, 2.24) is 10.2 Å². The van der Waals surface area contributed by atoms with Gasteiger partial charge in [-0.1, -0.05) is 15.9 Å². The summed E-state index contributed by atoms with van der Waals surface area (Å²) in [5, 5.41) is 3.65. The Morgan fingerprint density at radius 1 is 1.38 bits per heavy atom. The van der Waals surface area contributed by atoms with Crippen LogP contribution in [0.4, 0.5) is 0 Å². The van der Waals surface area contributed by atoms with Gasteiger partial charge in [0.1, 0.15) is 0 Å². The average molecular weight is 463 g/mol. The number of hydrogen-bond acceptors (Lipinski definition) is 2. The van der Waals surface area contributed by atoms with E-state index in [2.05, 4.69) is 55.7 Å². The fourth-order valence-electron chi connectivity index (χ4n) is 3.67. The van der Waals surface area contributed by atoms with Gasteiger partial charge in [-0.05, 0) is 73.4 Å². The molecular weight excluding hydrogens is 443 g/mol. The highest BCUT2D eigenvalue weighted by molar-refractivity contribution is 14.1. The van der Waals surface area contributed by atoms with E-state index in [1.165, 1.54) is 12.8 Å². The molecule has 3 nitrogen and oxygen atoms in total. The summed E-state index contributed by atoms with van der Waals surface area (Å²) in [6, 6.07) is 7.53. The number of nitrogens with zero attached hydrogens (tertiary/aromatic N) is 1. The maximum absolute atomic E-state index is 13.0. The zero-order valence-corrected chi connectivity index (χ0v) is 15.9. The van der Waals surface area contributed by atoms with Crippen molar-refractivity contribution in [2.45, 2.75) is 50.7 Å². The smallest absolute Gasteiger partial charge is 0.255 e. The summed E-state index contributed by atoms with van der Waals surface area (Å²) >= 11 is 5.73. The van der Waals surface area contributed by atoms with E-state index in [1.54, 1.807) is 0 Å². The summed E-state index contributed by atoms with van der Waals surface area (Å²) in [6.45, 7) is 2.87. The number of carbonyl (C=O) groups excluding carboxylic acids is 1. The summed E-state index contributed by atoms with van der Waals surface area (Å²) < 4.78 is 1.99. The number of nitrogens with one attached hydrogen (secondary N) is 1. The molecule has 5 heteroatoms. The zero-order valence-electron chi connectivity index (χ0n) is 12.1. The first-order chi connectivity index (χ1) is 10.1. The number of carbonyl (C=O) groups is 1. The third-order valence-electron chi connectivity index (χ3n) is 4.65. The first kappa shape index (κ1) is 15.7. The average Bonchev–Trinajstić information content (AvgIpc) is 2.81. The molecule has 2 aliphatic rings. The van der Waals surface area contributed by atoms with Gasteiger partial charge in [-0.15, -0.1) is 0 Å². The zero-order chi connectivity index (χ0) is 15.0. The molecule has 2 aliphatic heterocycles. The molecule has 0 saturated carbocycles. The Balaban J connectivity index is 1.82. The molecule has 0 aliphatic carbocycles.